The molecule has 1 saturated heterocycles. The molecule has 0 spiro atoms. The fourth-order valence-corrected chi connectivity index (χ4v) is 3.69. The predicted molar refractivity (Wildman–Crippen MR) is 91.7 cm³/mol. The van der Waals surface area contributed by atoms with E-state index in [1.165, 1.54) is 12.6 Å². The zero-order valence-electron chi connectivity index (χ0n) is 14.5. The van der Waals surface area contributed by atoms with Crippen LogP contribution >= 0.6 is 0 Å². The Bertz CT molecular complexity index is 599. The van der Waals surface area contributed by atoms with Gasteiger partial charge in [0, 0.05) is 31.1 Å². The molecule has 1 aromatic rings. The predicted octanol–water partition coefficient (Wildman–Crippen LogP) is 1.17. The first kappa shape index (κ1) is 17.8. The number of nitrogens with zero attached hydrogens (tertiary/aromatic N) is 3. The van der Waals surface area contributed by atoms with Crippen molar-refractivity contribution < 1.29 is 14.3 Å². The number of carbonyl (C=O) groups is 2. The number of nitrogens with two attached hydrogens (primary N) is 1. The van der Waals surface area contributed by atoms with Gasteiger partial charge in [0.15, 0.2) is 0 Å². The van der Waals surface area contributed by atoms with Gasteiger partial charge in [0.2, 0.25) is 5.91 Å². The topological polar surface area (TPSA) is 98.4 Å². The second-order valence-corrected chi connectivity index (χ2v) is 7.02. The summed E-state index contributed by atoms with van der Waals surface area (Å²) in [4.78, 5) is 34.2. The van der Waals surface area contributed by atoms with E-state index in [1.54, 1.807) is 6.20 Å². The number of hydrogen-bond acceptors (Lipinski definition) is 5. The molecule has 2 N–H and O–H groups in total. The first-order valence-corrected chi connectivity index (χ1v) is 9.10. The zero-order chi connectivity index (χ0) is 17.6. The summed E-state index contributed by atoms with van der Waals surface area (Å²) >= 11 is 0. The van der Waals surface area contributed by atoms with Crippen molar-refractivity contribution in [3.05, 3.63) is 23.8 Å². The second kappa shape index (κ2) is 8.38. The van der Waals surface area contributed by atoms with Crippen molar-refractivity contribution in [3.8, 4) is 0 Å². The Morgan fingerprint density at radius 2 is 2.00 bits per heavy atom. The van der Waals surface area contributed by atoms with Gasteiger partial charge >= 0.3 is 0 Å². The van der Waals surface area contributed by atoms with E-state index in [-0.39, 0.29) is 23.4 Å². The molecule has 136 valence electrons. The summed E-state index contributed by atoms with van der Waals surface area (Å²) in [6.07, 6.45) is 9.24. The third-order valence-corrected chi connectivity index (χ3v) is 5.06. The Balaban J connectivity index is 1.61. The molecule has 1 aliphatic heterocycles. The highest BCUT2D eigenvalue weighted by atomic mass is 16.5. The normalized spacial score (nSPS) is 22.4. The van der Waals surface area contributed by atoms with E-state index in [4.69, 9.17) is 10.5 Å². The molecule has 2 fully saturated rings. The van der Waals surface area contributed by atoms with E-state index in [0.29, 0.717) is 32.7 Å². The number of primary amides is 1. The number of amides is 2. The molecular weight excluding hydrogens is 320 g/mol. The molecule has 0 aromatic carbocycles. The molecule has 1 atom stereocenters. The molecule has 7 nitrogen and oxygen atoms in total. The molecule has 2 heterocycles. The summed E-state index contributed by atoms with van der Waals surface area (Å²) in [5, 5.41) is 0. The maximum absolute atomic E-state index is 12.8. The summed E-state index contributed by atoms with van der Waals surface area (Å²) in [7, 11) is 0. The molecule has 1 aliphatic carbocycles. The maximum atomic E-state index is 12.8. The van der Waals surface area contributed by atoms with Crippen LogP contribution in [0.1, 0.15) is 48.3 Å². The van der Waals surface area contributed by atoms with Crippen LogP contribution in [-0.2, 0) is 16.0 Å². The minimum Gasteiger partial charge on any atom is -0.379 e. The van der Waals surface area contributed by atoms with Gasteiger partial charge in [-0.3, -0.25) is 14.6 Å². The Kier molecular flexibility index (Phi) is 5.96. The van der Waals surface area contributed by atoms with E-state index in [9.17, 15) is 9.59 Å². The third kappa shape index (κ3) is 4.75. The Morgan fingerprint density at radius 3 is 2.68 bits per heavy atom. The van der Waals surface area contributed by atoms with Gasteiger partial charge < -0.3 is 15.4 Å². The van der Waals surface area contributed by atoms with Crippen LogP contribution in [0.3, 0.4) is 0 Å². The highest BCUT2D eigenvalue weighted by Crippen LogP contribution is 2.26. The quantitative estimate of drug-likeness (QED) is 0.882. The van der Waals surface area contributed by atoms with Gasteiger partial charge in [-0.25, -0.2) is 4.98 Å². The highest BCUT2D eigenvalue weighted by molar-refractivity contribution is 5.90. The zero-order valence-corrected chi connectivity index (χ0v) is 14.5. The first-order valence-electron chi connectivity index (χ1n) is 9.10. The lowest BCUT2D eigenvalue weighted by Gasteiger charge is -2.29. The molecule has 0 unspecified atom stereocenters. The van der Waals surface area contributed by atoms with E-state index in [2.05, 4.69) is 9.97 Å². The van der Waals surface area contributed by atoms with Gasteiger partial charge in [0.25, 0.3) is 5.91 Å². The van der Waals surface area contributed by atoms with Gasteiger partial charge in [-0.15, -0.1) is 0 Å². The summed E-state index contributed by atoms with van der Waals surface area (Å²) < 4.78 is 5.69. The summed E-state index contributed by atoms with van der Waals surface area (Å²) in [6.45, 7) is 2.54. The summed E-state index contributed by atoms with van der Waals surface area (Å²) in [5.74, 6) is 0.0670. The average Bonchev–Trinajstić information content (AvgIpc) is 2.88. The second-order valence-electron chi connectivity index (χ2n) is 7.02. The lowest BCUT2D eigenvalue weighted by molar-refractivity contribution is -0.137. The Hall–Kier alpha value is -2.02. The molecule has 0 bridgehead atoms. The summed E-state index contributed by atoms with van der Waals surface area (Å²) in [6, 6.07) is 0. The molecule has 0 radical (unpaired) electrons. The van der Waals surface area contributed by atoms with Crippen LogP contribution in [0.2, 0.25) is 0 Å². The van der Waals surface area contributed by atoms with Gasteiger partial charge in [-0.05, 0) is 19.3 Å². The average molecular weight is 346 g/mol. The Labute approximate surface area is 148 Å². The number of hydrogen-bond donors (Lipinski definition) is 1. The van der Waals surface area contributed by atoms with Gasteiger partial charge in [0.1, 0.15) is 5.69 Å². The van der Waals surface area contributed by atoms with Gasteiger partial charge in [0.05, 0.1) is 25.1 Å². The van der Waals surface area contributed by atoms with Crippen LogP contribution in [0, 0.1) is 11.8 Å². The highest BCUT2D eigenvalue weighted by Gasteiger charge is 2.29. The molecule has 2 amide bonds. The number of aromatic nitrogens is 2. The lowest BCUT2D eigenvalue weighted by atomic mass is 9.88. The largest absolute Gasteiger partial charge is 0.379 e. The minimum atomic E-state index is -0.582. The van der Waals surface area contributed by atoms with Crippen molar-refractivity contribution >= 4 is 11.8 Å². The standard InChI is InChI=1S/C18H26N4O3/c19-17(23)16-10-20-15(9-21-16)8-13-11-22(6-7-25-12-13)18(24)14-4-2-1-3-5-14/h9-10,13-14H,1-8,11-12H2,(H2,19,23)/t13-/m1/s1. The first-order chi connectivity index (χ1) is 12.1. The van der Waals surface area contributed by atoms with Crippen LogP contribution in [0.4, 0.5) is 0 Å². The molecule has 1 aromatic heterocycles. The number of ether oxygens (including phenoxy) is 1. The van der Waals surface area contributed by atoms with Crippen molar-refractivity contribution in [1.29, 1.82) is 0 Å². The molecule has 3 rings (SSSR count). The van der Waals surface area contributed by atoms with Crippen molar-refractivity contribution in [2.75, 3.05) is 26.3 Å². The molecule has 7 heteroatoms. The van der Waals surface area contributed by atoms with E-state index in [1.807, 2.05) is 4.90 Å². The Morgan fingerprint density at radius 1 is 1.20 bits per heavy atom. The van der Waals surface area contributed by atoms with Crippen LogP contribution < -0.4 is 5.73 Å². The van der Waals surface area contributed by atoms with Gasteiger partial charge in [-0.1, -0.05) is 19.3 Å². The van der Waals surface area contributed by atoms with Crippen LogP contribution in [0.25, 0.3) is 0 Å². The molecule has 25 heavy (non-hydrogen) atoms. The van der Waals surface area contributed by atoms with Crippen LogP contribution in [0.15, 0.2) is 12.4 Å². The van der Waals surface area contributed by atoms with Crippen LogP contribution in [-0.4, -0.2) is 53.0 Å². The lowest BCUT2D eigenvalue weighted by Crippen LogP contribution is -2.40. The van der Waals surface area contributed by atoms with Crippen molar-refractivity contribution in [2.45, 2.75) is 38.5 Å². The maximum Gasteiger partial charge on any atom is 0.268 e. The van der Waals surface area contributed by atoms with Crippen LogP contribution in [0.5, 0.6) is 0 Å². The molecular formula is C18H26N4O3. The van der Waals surface area contributed by atoms with E-state index >= 15 is 0 Å². The molecule has 2 aliphatic rings. The van der Waals surface area contributed by atoms with Crippen molar-refractivity contribution in [3.63, 3.8) is 0 Å². The van der Waals surface area contributed by atoms with Gasteiger partial charge in [-0.2, -0.15) is 0 Å². The third-order valence-electron chi connectivity index (χ3n) is 5.06. The number of carbonyl (C=O) groups excluding carboxylic acids is 2. The monoisotopic (exact) mass is 346 g/mol. The van der Waals surface area contributed by atoms with Crippen molar-refractivity contribution in [1.82, 2.24) is 14.9 Å². The van der Waals surface area contributed by atoms with E-state index < -0.39 is 5.91 Å². The summed E-state index contributed by atoms with van der Waals surface area (Å²) in [5.41, 5.74) is 6.13. The number of rotatable bonds is 4. The molecule has 1 saturated carbocycles. The fourth-order valence-electron chi connectivity index (χ4n) is 3.69. The fraction of sp³-hybridized carbons (Fsp3) is 0.667. The van der Waals surface area contributed by atoms with Crippen molar-refractivity contribution in [2.24, 2.45) is 17.6 Å². The SMILES string of the molecule is NC(=O)c1cnc(C[C@H]2COCCN(C(=O)C3CCCCC3)C2)cn1. The smallest absolute Gasteiger partial charge is 0.268 e. The van der Waals surface area contributed by atoms with E-state index in [0.717, 1.165) is 31.4 Å². The minimum absolute atomic E-state index is 0.162.